The molecule has 0 aliphatic heterocycles. The van der Waals surface area contributed by atoms with Crippen LogP contribution in [0.4, 0.5) is 5.95 Å². The van der Waals surface area contributed by atoms with E-state index in [9.17, 15) is 0 Å². The molecule has 1 N–H and O–H groups in total. The van der Waals surface area contributed by atoms with Crippen LogP contribution >= 0.6 is 0 Å². The van der Waals surface area contributed by atoms with E-state index in [1.54, 1.807) is 12.4 Å². The highest BCUT2D eigenvalue weighted by Crippen LogP contribution is 2.08. The molecule has 0 spiro atoms. The smallest absolute Gasteiger partial charge is 0.225 e. The maximum atomic E-state index is 8.88. The fourth-order valence-electron chi connectivity index (χ4n) is 1.44. The number of aliphatic hydroxyl groups is 1. The standard InChI is InChI=1S/C11H19N3O/c1-3-5-14(6-4-2)11-12-7-10(9-15)8-13-11/h7-8,15H,3-6,9H2,1-2H3. The molecule has 0 saturated heterocycles. The SMILES string of the molecule is CCCN(CCC)c1ncc(CO)cn1. The van der Waals surface area contributed by atoms with Crippen LogP contribution in [-0.4, -0.2) is 28.2 Å². The predicted octanol–water partition coefficient (Wildman–Crippen LogP) is 1.60. The predicted molar refractivity (Wildman–Crippen MR) is 60.7 cm³/mol. The van der Waals surface area contributed by atoms with Crippen molar-refractivity contribution in [2.24, 2.45) is 0 Å². The number of anilines is 1. The Bertz CT molecular complexity index is 268. The van der Waals surface area contributed by atoms with Gasteiger partial charge in [-0.25, -0.2) is 9.97 Å². The van der Waals surface area contributed by atoms with Crippen molar-refractivity contribution in [2.75, 3.05) is 18.0 Å². The van der Waals surface area contributed by atoms with E-state index in [1.807, 2.05) is 0 Å². The Morgan fingerprint density at radius 3 is 2.07 bits per heavy atom. The molecule has 0 aliphatic rings. The van der Waals surface area contributed by atoms with Crippen LogP contribution in [0.3, 0.4) is 0 Å². The third-order valence-corrected chi connectivity index (χ3v) is 2.14. The first-order valence-corrected chi connectivity index (χ1v) is 5.48. The summed E-state index contributed by atoms with van der Waals surface area (Å²) < 4.78 is 0. The lowest BCUT2D eigenvalue weighted by Gasteiger charge is -2.20. The topological polar surface area (TPSA) is 49.2 Å². The minimum Gasteiger partial charge on any atom is -0.392 e. The van der Waals surface area contributed by atoms with Gasteiger partial charge in [-0.05, 0) is 12.8 Å². The second-order valence-corrected chi connectivity index (χ2v) is 3.54. The van der Waals surface area contributed by atoms with Crippen molar-refractivity contribution in [3.05, 3.63) is 18.0 Å². The van der Waals surface area contributed by atoms with Crippen LogP contribution in [-0.2, 0) is 6.61 Å². The van der Waals surface area contributed by atoms with E-state index in [2.05, 4.69) is 28.7 Å². The Morgan fingerprint density at radius 2 is 1.67 bits per heavy atom. The molecule has 0 aromatic carbocycles. The zero-order chi connectivity index (χ0) is 11.1. The van der Waals surface area contributed by atoms with Crippen molar-refractivity contribution in [2.45, 2.75) is 33.3 Å². The number of hydrogen-bond donors (Lipinski definition) is 1. The maximum absolute atomic E-state index is 8.88. The average molecular weight is 209 g/mol. The molecule has 1 rings (SSSR count). The van der Waals surface area contributed by atoms with Gasteiger partial charge in [0.2, 0.25) is 5.95 Å². The molecular weight excluding hydrogens is 190 g/mol. The zero-order valence-electron chi connectivity index (χ0n) is 9.48. The van der Waals surface area contributed by atoms with Crippen LogP contribution in [0.25, 0.3) is 0 Å². The van der Waals surface area contributed by atoms with Gasteiger partial charge in [0.25, 0.3) is 0 Å². The molecule has 15 heavy (non-hydrogen) atoms. The lowest BCUT2D eigenvalue weighted by atomic mass is 10.3. The summed E-state index contributed by atoms with van der Waals surface area (Å²) in [7, 11) is 0. The molecule has 0 amide bonds. The van der Waals surface area contributed by atoms with Crippen LogP contribution in [0.1, 0.15) is 32.3 Å². The summed E-state index contributed by atoms with van der Waals surface area (Å²) in [6, 6.07) is 0. The third-order valence-electron chi connectivity index (χ3n) is 2.14. The van der Waals surface area contributed by atoms with E-state index in [-0.39, 0.29) is 6.61 Å². The lowest BCUT2D eigenvalue weighted by Crippen LogP contribution is -2.26. The molecule has 1 aromatic heterocycles. The van der Waals surface area contributed by atoms with E-state index >= 15 is 0 Å². The van der Waals surface area contributed by atoms with Crippen molar-refractivity contribution in [1.29, 1.82) is 0 Å². The van der Waals surface area contributed by atoms with Gasteiger partial charge in [0.1, 0.15) is 0 Å². The first-order valence-electron chi connectivity index (χ1n) is 5.48. The summed E-state index contributed by atoms with van der Waals surface area (Å²) in [6.07, 6.45) is 5.54. The fraction of sp³-hybridized carbons (Fsp3) is 0.636. The molecule has 84 valence electrons. The average Bonchev–Trinajstić information content (AvgIpc) is 2.29. The van der Waals surface area contributed by atoms with Crippen molar-refractivity contribution < 1.29 is 5.11 Å². The van der Waals surface area contributed by atoms with Gasteiger partial charge in [-0.2, -0.15) is 0 Å². The number of nitrogens with zero attached hydrogens (tertiary/aromatic N) is 3. The van der Waals surface area contributed by atoms with E-state index < -0.39 is 0 Å². The Balaban J connectivity index is 2.72. The maximum Gasteiger partial charge on any atom is 0.225 e. The molecule has 0 unspecified atom stereocenters. The molecule has 1 aromatic rings. The zero-order valence-corrected chi connectivity index (χ0v) is 9.48. The highest BCUT2D eigenvalue weighted by molar-refractivity contribution is 5.29. The van der Waals surface area contributed by atoms with Crippen molar-refractivity contribution >= 4 is 5.95 Å². The van der Waals surface area contributed by atoms with Gasteiger partial charge in [-0.3, -0.25) is 0 Å². The van der Waals surface area contributed by atoms with Gasteiger partial charge in [0.15, 0.2) is 0 Å². The molecule has 0 bridgehead atoms. The van der Waals surface area contributed by atoms with E-state index in [4.69, 9.17) is 5.11 Å². The molecule has 0 aliphatic carbocycles. The van der Waals surface area contributed by atoms with Crippen molar-refractivity contribution in [1.82, 2.24) is 9.97 Å². The minimum atomic E-state index is 0.00182. The van der Waals surface area contributed by atoms with Crippen LogP contribution in [0.15, 0.2) is 12.4 Å². The largest absolute Gasteiger partial charge is 0.392 e. The van der Waals surface area contributed by atoms with Crippen LogP contribution in [0.5, 0.6) is 0 Å². The highest BCUT2D eigenvalue weighted by Gasteiger charge is 2.06. The Kier molecular flexibility index (Phi) is 5.04. The Labute approximate surface area is 91.0 Å². The number of rotatable bonds is 6. The quantitative estimate of drug-likeness (QED) is 0.773. The monoisotopic (exact) mass is 209 g/mol. The van der Waals surface area contributed by atoms with E-state index in [0.717, 1.165) is 37.4 Å². The van der Waals surface area contributed by atoms with Gasteiger partial charge in [0, 0.05) is 31.0 Å². The van der Waals surface area contributed by atoms with E-state index in [0.29, 0.717) is 0 Å². The van der Waals surface area contributed by atoms with Crippen LogP contribution < -0.4 is 4.90 Å². The number of aliphatic hydroxyl groups excluding tert-OH is 1. The molecule has 0 atom stereocenters. The lowest BCUT2D eigenvalue weighted by molar-refractivity contribution is 0.281. The third kappa shape index (κ3) is 3.47. The summed E-state index contributed by atoms with van der Waals surface area (Å²) in [5.41, 5.74) is 0.756. The molecule has 0 radical (unpaired) electrons. The van der Waals surface area contributed by atoms with E-state index in [1.165, 1.54) is 0 Å². The second-order valence-electron chi connectivity index (χ2n) is 3.54. The first kappa shape index (κ1) is 11.9. The fourth-order valence-corrected chi connectivity index (χ4v) is 1.44. The molecule has 0 fully saturated rings. The summed E-state index contributed by atoms with van der Waals surface area (Å²) >= 11 is 0. The van der Waals surface area contributed by atoms with Gasteiger partial charge in [-0.15, -0.1) is 0 Å². The molecular formula is C11H19N3O. The van der Waals surface area contributed by atoms with Gasteiger partial charge in [0.05, 0.1) is 6.61 Å². The number of hydrogen-bond acceptors (Lipinski definition) is 4. The summed E-state index contributed by atoms with van der Waals surface area (Å²) in [5.74, 6) is 0.760. The first-order chi connectivity index (χ1) is 7.31. The molecule has 4 nitrogen and oxygen atoms in total. The van der Waals surface area contributed by atoms with Gasteiger partial charge in [-0.1, -0.05) is 13.8 Å². The van der Waals surface area contributed by atoms with Crippen LogP contribution in [0.2, 0.25) is 0 Å². The second kappa shape index (κ2) is 6.35. The molecule has 0 saturated carbocycles. The number of aromatic nitrogens is 2. The van der Waals surface area contributed by atoms with Gasteiger partial charge >= 0.3 is 0 Å². The summed E-state index contributed by atoms with van der Waals surface area (Å²) in [6.45, 7) is 6.25. The summed E-state index contributed by atoms with van der Waals surface area (Å²) in [5, 5.41) is 8.88. The Hall–Kier alpha value is -1.16. The Morgan fingerprint density at radius 1 is 1.13 bits per heavy atom. The normalized spacial score (nSPS) is 10.3. The van der Waals surface area contributed by atoms with Crippen molar-refractivity contribution in [3.8, 4) is 0 Å². The minimum absolute atomic E-state index is 0.00182. The highest BCUT2D eigenvalue weighted by atomic mass is 16.3. The molecule has 4 heteroatoms. The van der Waals surface area contributed by atoms with Crippen LogP contribution in [0, 0.1) is 0 Å². The van der Waals surface area contributed by atoms with Gasteiger partial charge < -0.3 is 10.0 Å². The molecule has 1 heterocycles. The summed E-state index contributed by atoms with van der Waals surface area (Å²) in [4.78, 5) is 10.7. The van der Waals surface area contributed by atoms with Crippen molar-refractivity contribution in [3.63, 3.8) is 0 Å².